The third-order valence-electron chi connectivity index (χ3n) is 3.61. The van der Waals surface area contributed by atoms with Gasteiger partial charge in [-0.05, 0) is 25.2 Å². The largest absolute Gasteiger partial charge is 0.492 e. The van der Waals surface area contributed by atoms with Gasteiger partial charge in [0.05, 0.1) is 12.6 Å². The minimum atomic E-state index is -0.767. The van der Waals surface area contributed by atoms with Crippen molar-refractivity contribution in [1.82, 2.24) is 9.80 Å². The highest BCUT2D eigenvalue weighted by Gasteiger charge is 2.30. The third kappa shape index (κ3) is 5.49. The Morgan fingerprint density at radius 1 is 1.35 bits per heavy atom. The number of β-amino-alcohol motifs (C(OH)–C–C–N with tert-alkyl or cyclic N) is 1. The van der Waals surface area contributed by atoms with Gasteiger partial charge in [-0.2, -0.15) is 0 Å². The van der Waals surface area contributed by atoms with Crippen molar-refractivity contribution in [2.45, 2.75) is 18.9 Å². The molecule has 0 spiro atoms. The van der Waals surface area contributed by atoms with Gasteiger partial charge in [0.25, 0.3) is 0 Å². The summed E-state index contributed by atoms with van der Waals surface area (Å²) >= 11 is 5.88. The highest BCUT2D eigenvalue weighted by Crippen LogP contribution is 2.17. The monoisotopic (exact) mass is 340 g/mol. The first-order valence-electron chi connectivity index (χ1n) is 7.54. The summed E-state index contributed by atoms with van der Waals surface area (Å²) in [6.07, 6.45) is -0.277. The van der Waals surface area contributed by atoms with E-state index in [1.165, 1.54) is 0 Å². The van der Waals surface area contributed by atoms with Crippen molar-refractivity contribution in [2.75, 3.05) is 33.3 Å². The maximum atomic E-state index is 11.5. The van der Waals surface area contributed by atoms with Crippen LogP contribution in [0, 0.1) is 0 Å². The molecule has 7 heteroatoms. The SMILES string of the molecule is CN(CCOc1cccc(Cl)c1)C[C@H](O)CN1C(=O)CCC1=O. The van der Waals surface area contributed by atoms with E-state index in [0.717, 1.165) is 4.90 Å². The molecule has 23 heavy (non-hydrogen) atoms. The van der Waals surface area contributed by atoms with Crippen molar-refractivity contribution in [3.8, 4) is 5.75 Å². The first-order valence-corrected chi connectivity index (χ1v) is 7.91. The molecule has 0 saturated carbocycles. The Hall–Kier alpha value is -1.63. The van der Waals surface area contributed by atoms with Gasteiger partial charge in [0, 0.05) is 31.0 Å². The first-order chi connectivity index (χ1) is 11.0. The van der Waals surface area contributed by atoms with Crippen molar-refractivity contribution in [2.24, 2.45) is 0 Å². The number of likely N-dealkylation sites (N-methyl/N-ethyl adjacent to an activating group) is 1. The van der Waals surface area contributed by atoms with Crippen LogP contribution in [0.3, 0.4) is 0 Å². The molecule has 0 aliphatic carbocycles. The van der Waals surface area contributed by atoms with Crippen LogP contribution in [0.5, 0.6) is 5.75 Å². The van der Waals surface area contributed by atoms with Crippen LogP contribution in [0.2, 0.25) is 5.02 Å². The van der Waals surface area contributed by atoms with Crippen molar-refractivity contribution < 1.29 is 19.4 Å². The number of carbonyl (C=O) groups is 2. The number of imide groups is 1. The Kier molecular flexibility index (Phi) is 6.38. The normalized spacial score (nSPS) is 16.3. The molecule has 0 unspecified atom stereocenters. The van der Waals surface area contributed by atoms with E-state index in [9.17, 15) is 14.7 Å². The smallest absolute Gasteiger partial charge is 0.229 e. The number of aliphatic hydroxyl groups excluding tert-OH is 1. The number of likely N-dealkylation sites (tertiary alicyclic amines) is 1. The first kappa shape index (κ1) is 17.7. The van der Waals surface area contributed by atoms with Crippen LogP contribution in [0.4, 0.5) is 0 Å². The molecule has 1 aliphatic rings. The Balaban J connectivity index is 1.68. The second-order valence-corrected chi connectivity index (χ2v) is 6.06. The Labute approximate surface area is 140 Å². The van der Waals surface area contributed by atoms with Crippen molar-refractivity contribution >= 4 is 23.4 Å². The van der Waals surface area contributed by atoms with Crippen molar-refractivity contribution in [1.29, 1.82) is 0 Å². The van der Waals surface area contributed by atoms with Crippen LogP contribution in [0.1, 0.15) is 12.8 Å². The lowest BCUT2D eigenvalue weighted by atomic mass is 10.3. The van der Waals surface area contributed by atoms with Gasteiger partial charge in [0.15, 0.2) is 0 Å². The van der Waals surface area contributed by atoms with E-state index in [1.54, 1.807) is 12.1 Å². The summed E-state index contributed by atoms with van der Waals surface area (Å²) in [5, 5.41) is 10.6. The van der Waals surface area contributed by atoms with Crippen molar-refractivity contribution in [3.05, 3.63) is 29.3 Å². The number of benzene rings is 1. The summed E-state index contributed by atoms with van der Waals surface area (Å²) in [7, 11) is 1.85. The summed E-state index contributed by atoms with van der Waals surface area (Å²) in [6, 6.07) is 7.15. The molecule has 1 heterocycles. The zero-order valence-electron chi connectivity index (χ0n) is 13.1. The molecule has 1 N–H and O–H groups in total. The predicted octanol–water partition coefficient (Wildman–Crippen LogP) is 1.16. The number of carbonyl (C=O) groups excluding carboxylic acids is 2. The van der Waals surface area contributed by atoms with Gasteiger partial charge in [-0.25, -0.2) is 0 Å². The second kappa shape index (κ2) is 8.29. The number of amides is 2. The molecule has 1 atom stereocenters. The number of hydrogen-bond donors (Lipinski definition) is 1. The quantitative estimate of drug-likeness (QED) is 0.719. The third-order valence-corrected chi connectivity index (χ3v) is 3.84. The predicted molar refractivity (Wildman–Crippen MR) is 86.4 cm³/mol. The minimum Gasteiger partial charge on any atom is -0.492 e. The van der Waals surface area contributed by atoms with E-state index >= 15 is 0 Å². The Morgan fingerprint density at radius 2 is 2.04 bits per heavy atom. The molecule has 1 aliphatic heterocycles. The van der Waals surface area contributed by atoms with Crippen LogP contribution in [0.15, 0.2) is 24.3 Å². The van der Waals surface area contributed by atoms with Crippen LogP contribution in [-0.2, 0) is 9.59 Å². The molecule has 6 nitrogen and oxygen atoms in total. The number of nitrogens with zero attached hydrogens (tertiary/aromatic N) is 2. The summed E-state index contributed by atoms with van der Waals surface area (Å²) in [5.41, 5.74) is 0. The standard InChI is InChI=1S/C16H21ClN2O4/c1-18(7-8-23-14-4-2-3-12(17)9-14)10-13(20)11-19-15(21)5-6-16(19)22/h2-4,9,13,20H,5-8,10-11H2,1H3/t13-/m0/s1. The Bertz CT molecular complexity index is 551. The minimum absolute atomic E-state index is 0.0527. The average molecular weight is 341 g/mol. The van der Waals surface area contributed by atoms with Crippen LogP contribution in [0.25, 0.3) is 0 Å². The van der Waals surface area contributed by atoms with E-state index in [4.69, 9.17) is 16.3 Å². The molecular weight excluding hydrogens is 320 g/mol. The summed E-state index contributed by atoms with van der Waals surface area (Å²) in [5.74, 6) is 0.279. The lowest BCUT2D eigenvalue weighted by Gasteiger charge is -2.23. The van der Waals surface area contributed by atoms with Gasteiger partial charge in [0.1, 0.15) is 12.4 Å². The highest BCUT2D eigenvalue weighted by atomic mass is 35.5. The van der Waals surface area contributed by atoms with E-state index in [-0.39, 0.29) is 31.2 Å². The van der Waals surface area contributed by atoms with E-state index < -0.39 is 6.10 Å². The fourth-order valence-corrected chi connectivity index (χ4v) is 2.60. The number of halogens is 1. The topological polar surface area (TPSA) is 70.1 Å². The van der Waals surface area contributed by atoms with Gasteiger partial charge in [0.2, 0.25) is 11.8 Å². The van der Waals surface area contributed by atoms with Crippen LogP contribution in [-0.4, -0.2) is 66.1 Å². The fraction of sp³-hybridized carbons (Fsp3) is 0.500. The van der Waals surface area contributed by atoms with E-state index in [2.05, 4.69) is 0 Å². The molecule has 126 valence electrons. The Morgan fingerprint density at radius 3 is 2.70 bits per heavy atom. The zero-order valence-corrected chi connectivity index (χ0v) is 13.8. The van der Waals surface area contributed by atoms with Gasteiger partial charge in [-0.1, -0.05) is 17.7 Å². The summed E-state index contributed by atoms with van der Waals surface area (Å²) in [6.45, 7) is 1.46. The van der Waals surface area contributed by atoms with Gasteiger partial charge in [-0.15, -0.1) is 0 Å². The van der Waals surface area contributed by atoms with Gasteiger partial charge < -0.3 is 14.7 Å². The van der Waals surface area contributed by atoms with Crippen LogP contribution >= 0.6 is 11.6 Å². The molecule has 0 bridgehead atoms. The van der Waals surface area contributed by atoms with Crippen LogP contribution < -0.4 is 4.74 Å². The average Bonchev–Trinajstić information content (AvgIpc) is 2.79. The molecule has 2 rings (SSSR count). The second-order valence-electron chi connectivity index (χ2n) is 5.62. The van der Waals surface area contributed by atoms with Gasteiger partial charge >= 0.3 is 0 Å². The number of ether oxygens (including phenoxy) is 1. The summed E-state index contributed by atoms with van der Waals surface area (Å²) < 4.78 is 5.58. The lowest BCUT2D eigenvalue weighted by molar-refractivity contribution is -0.140. The number of hydrogen-bond acceptors (Lipinski definition) is 5. The molecule has 1 saturated heterocycles. The molecule has 0 radical (unpaired) electrons. The number of aliphatic hydroxyl groups is 1. The zero-order chi connectivity index (χ0) is 16.8. The molecule has 1 fully saturated rings. The van der Waals surface area contributed by atoms with Gasteiger partial charge in [-0.3, -0.25) is 14.5 Å². The highest BCUT2D eigenvalue weighted by molar-refractivity contribution is 6.30. The van der Waals surface area contributed by atoms with E-state index in [0.29, 0.717) is 30.5 Å². The maximum Gasteiger partial charge on any atom is 0.229 e. The maximum absolute atomic E-state index is 11.5. The lowest BCUT2D eigenvalue weighted by Crippen LogP contribution is -2.42. The molecule has 1 aromatic rings. The molecule has 2 amide bonds. The summed E-state index contributed by atoms with van der Waals surface area (Å²) in [4.78, 5) is 26.1. The molecule has 1 aromatic carbocycles. The van der Waals surface area contributed by atoms with E-state index in [1.807, 2.05) is 24.1 Å². The number of rotatable bonds is 8. The molecular formula is C16H21ClN2O4. The fourth-order valence-electron chi connectivity index (χ4n) is 2.42. The molecule has 0 aromatic heterocycles. The van der Waals surface area contributed by atoms with Crippen molar-refractivity contribution in [3.63, 3.8) is 0 Å².